The van der Waals surface area contributed by atoms with Crippen molar-refractivity contribution in [2.45, 2.75) is 44.7 Å². The van der Waals surface area contributed by atoms with Crippen molar-refractivity contribution in [2.75, 3.05) is 26.1 Å². The molecule has 5 atom stereocenters. The lowest BCUT2D eigenvalue weighted by Crippen LogP contribution is -2.37. The van der Waals surface area contributed by atoms with Gasteiger partial charge >= 0.3 is 0 Å². The number of amides is 1. The summed E-state index contributed by atoms with van der Waals surface area (Å²) in [5.74, 6) is -0.562. The predicted molar refractivity (Wildman–Crippen MR) is 182 cm³/mol. The average Bonchev–Trinajstić information content (AvgIpc) is 3.62. The zero-order valence-corrected chi connectivity index (χ0v) is 28.0. The number of H-pyrrole nitrogens is 1. The Morgan fingerprint density at radius 1 is 0.980 bits per heavy atom. The molecular formula is C37H40FN5O6. The number of aromatic amines is 1. The third kappa shape index (κ3) is 6.17. The number of methoxy groups -OCH3 is 2. The quantitative estimate of drug-likeness (QED) is 0.162. The summed E-state index contributed by atoms with van der Waals surface area (Å²) in [5.41, 5.74) is 0.805. The number of nitrogens with one attached hydrogen (secondary N) is 2. The number of alkyl halides is 1. The number of halogens is 1. The van der Waals surface area contributed by atoms with Gasteiger partial charge in [-0.25, -0.2) is 9.37 Å². The number of nitrogens with zero attached hydrogens (tertiary/aromatic N) is 3. The van der Waals surface area contributed by atoms with Gasteiger partial charge in [-0.15, -0.1) is 0 Å². The van der Waals surface area contributed by atoms with E-state index in [0.717, 1.165) is 16.7 Å². The molecular weight excluding hydrogens is 629 g/mol. The minimum Gasteiger partial charge on any atom is -0.497 e. The van der Waals surface area contributed by atoms with Crippen molar-refractivity contribution in [3.63, 3.8) is 0 Å². The summed E-state index contributed by atoms with van der Waals surface area (Å²) in [6.07, 6.45) is -1.78. The molecule has 1 aliphatic carbocycles. The molecule has 1 fully saturated rings. The van der Waals surface area contributed by atoms with E-state index in [-0.39, 0.29) is 35.5 Å². The van der Waals surface area contributed by atoms with Gasteiger partial charge in [0.1, 0.15) is 23.3 Å². The molecule has 2 unspecified atom stereocenters. The summed E-state index contributed by atoms with van der Waals surface area (Å²) >= 11 is 0. The molecule has 0 bridgehead atoms. The van der Waals surface area contributed by atoms with Gasteiger partial charge < -0.3 is 23.9 Å². The van der Waals surface area contributed by atoms with Crippen LogP contribution in [0.2, 0.25) is 0 Å². The van der Waals surface area contributed by atoms with Crippen LogP contribution in [-0.4, -0.2) is 63.6 Å². The first-order valence-electron chi connectivity index (χ1n) is 16.2. The van der Waals surface area contributed by atoms with Gasteiger partial charge in [0.25, 0.3) is 5.56 Å². The van der Waals surface area contributed by atoms with E-state index in [9.17, 15) is 14.7 Å². The summed E-state index contributed by atoms with van der Waals surface area (Å²) in [5, 5.41) is 14.0. The molecule has 6 rings (SSSR count). The lowest BCUT2D eigenvalue weighted by molar-refractivity contribution is -0.118. The molecule has 11 nitrogen and oxygen atoms in total. The molecule has 1 amide bonds. The molecule has 49 heavy (non-hydrogen) atoms. The van der Waals surface area contributed by atoms with Gasteiger partial charge in [0, 0.05) is 11.8 Å². The van der Waals surface area contributed by atoms with Crippen LogP contribution in [0.15, 0.2) is 90.0 Å². The number of hydrogen-bond acceptors (Lipinski definition) is 8. The first-order valence-corrected chi connectivity index (χ1v) is 16.2. The molecule has 0 saturated heterocycles. The van der Waals surface area contributed by atoms with Gasteiger partial charge in [0.05, 0.1) is 39.3 Å². The van der Waals surface area contributed by atoms with Crippen LogP contribution in [0.1, 0.15) is 43.5 Å². The first-order chi connectivity index (χ1) is 23.6. The van der Waals surface area contributed by atoms with Gasteiger partial charge in [0.2, 0.25) is 11.9 Å². The van der Waals surface area contributed by atoms with Gasteiger partial charge in [-0.3, -0.25) is 19.9 Å². The van der Waals surface area contributed by atoms with Crippen LogP contribution in [0, 0.1) is 17.8 Å². The highest BCUT2D eigenvalue weighted by Crippen LogP contribution is 2.47. The van der Waals surface area contributed by atoms with Gasteiger partial charge in [-0.05, 0) is 46.9 Å². The van der Waals surface area contributed by atoms with Crippen molar-refractivity contribution in [3.8, 4) is 11.5 Å². The second-order valence-electron chi connectivity index (χ2n) is 12.6. The monoisotopic (exact) mass is 669 g/mol. The van der Waals surface area contributed by atoms with Crippen LogP contribution in [-0.2, 0) is 15.1 Å². The van der Waals surface area contributed by atoms with E-state index >= 15 is 4.39 Å². The average molecular weight is 670 g/mol. The number of aromatic nitrogens is 4. The predicted octanol–water partition coefficient (Wildman–Crippen LogP) is 5.25. The molecule has 3 aromatic carbocycles. The van der Waals surface area contributed by atoms with Crippen molar-refractivity contribution in [3.05, 3.63) is 112 Å². The highest BCUT2D eigenvalue weighted by Gasteiger charge is 2.51. The van der Waals surface area contributed by atoms with E-state index in [0.29, 0.717) is 11.5 Å². The number of ether oxygens (including phenoxy) is 3. The Labute approximate surface area is 283 Å². The Bertz CT molecular complexity index is 1910. The zero-order valence-electron chi connectivity index (χ0n) is 28.0. The minimum atomic E-state index is -1.73. The Kier molecular flexibility index (Phi) is 9.53. The van der Waals surface area contributed by atoms with Crippen LogP contribution in [0.5, 0.6) is 11.5 Å². The second kappa shape index (κ2) is 13.8. The Balaban J connectivity index is 1.39. The SMILES string of the molecule is COc1ccc(C(OC[C@H]2C(C)[C@@H](n3cnc4c(=O)[nH]c(NC(=O)C(C)C)nc43)C(F)[C@@H]2O)(c2ccccc2)c2ccc(OC)cc2)cc1. The van der Waals surface area contributed by atoms with Crippen molar-refractivity contribution in [2.24, 2.45) is 17.8 Å². The third-order valence-electron chi connectivity index (χ3n) is 9.49. The molecule has 3 N–H and O–H groups in total. The lowest BCUT2D eigenvalue weighted by Gasteiger charge is -2.37. The van der Waals surface area contributed by atoms with Gasteiger partial charge in [-0.1, -0.05) is 75.4 Å². The molecule has 0 radical (unpaired) electrons. The molecule has 12 heteroatoms. The zero-order chi connectivity index (χ0) is 34.9. The summed E-state index contributed by atoms with van der Waals surface area (Å²) in [6, 6.07) is 24.0. The van der Waals surface area contributed by atoms with Crippen LogP contribution in [0.25, 0.3) is 11.2 Å². The fourth-order valence-corrected chi connectivity index (χ4v) is 6.71. The number of imidazole rings is 1. The molecule has 5 aromatic rings. The highest BCUT2D eigenvalue weighted by molar-refractivity contribution is 5.91. The Morgan fingerprint density at radius 3 is 2.10 bits per heavy atom. The van der Waals surface area contributed by atoms with Crippen LogP contribution in [0.3, 0.4) is 0 Å². The lowest BCUT2D eigenvalue weighted by atomic mass is 9.79. The van der Waals surface area contributed by atoms with Crippen molar-refractivity contribution in [1.29, 1.82) is 0 Å². The molecule has 0 aliphatic heterocycles. The number of hydrogen-bond donors (Lipinski definition) is 3. The molecule has 1 saturated carbocycles. The van der Waals surface area contributed by atoms with Gasteiger partial charge in [-0.2, -0.15) is 4.98 Å². The summed E-state index contributed by atoms with van der Waals surface area (Å²) in [7, 11) is 3.20. The van der Waals surface area contributed by atoms with E-state index in [1.165, 1.54) is 10.9 Å². The van der Waals surface area contributed by atoms with E-state index in [2.05, 4.69) is 20.3 Å². The minimum absolute atomic E-state index is 0.00163. The number of anilines is 1. The van der Waals surface area contributed by atoms with Crippen molar-refractivity contribution >= 4 is 23.0 Å². The van der Waals surface area contributed by atoms with E-state index in [4.69, 9.17) is 14.2 Å². The first kappa shape index (κ1) is 33.8. The number of rotatable bonds is 11. The number of carbonyl (C=O) groups excluding carboxylic acids is 1. The van der Waals surface area contributed by atoms with Crippen LogP contribution < -0.4 is 20.3 Å². The second-order valence-corrected chi connectivity index (χ2v) is 12.6. The number of fused-ring (bicyclic) bond motifs is 1. The largest absolute Gasteiger partial charge is 0.497 e. The fourth-order valence-electron chi connectivity index (χ4n) is 6.71. The van der Waals surface area contributed by atoms with Crippen molar-refractivity contribution < 1.29 is 28.5 Å². The Hall–Kier alpha value is -5.07. The molecule has 1 aliphatic rings. The van der Waals surface area contributed by atoms with E-state index in [1.807, 2.05) is 85.8 Å². The normalized spacial score (nSPS) is 20.9. The maximum absolute atomic E-state index is 16.3. The van der Waals surface area contributed by atoms with Crippen LogP contribution in [0.4, 0.5) is 10.3 Å². The highest BCUT2D eigenvalue weighted by atomic mass is 19.1. The molecule has 2 aromatic heterocycles. The Morgan fingerprint density at radius 2 is 1.55 bits per heavy atom. The van der Waals surface area contributed by atoms with Gasteiger partial charge in [0.15, 0.2) is 11.2 Å². The number of aliphatic hydroxyl groups is 1. The maximum atomic E-state index is 16.3. The van der Waals surface area contributed by atoms with E-state index in [1.54, 1.807) is 28.1 Å². The smallest absolute Gasteiger partial charge is 0.280 e. The number of benzene rings is 3. The molecule has 256 valence electrons. The standard InChI is InChI=1S/C37H40FN5O6/c1-21(2)34(45)41-36-40-33-30(35(46)42-36)39-20-43(33)31-22(3)28(32(44)29(31)38)19-49-37(23-9-7-6-8-10-23,24-11-15-26(47-4)16-12-24)25-13-17-27(48-5)18-14-25/h6-18,20-22,28-29,31-32,44H,19H2,1-5H3,(H2,40,41,42,45,46)/t22?,28-,29?,31+,32+/m0/s1. The maximum Gasteiger partial charge on any atom is 0.280 e. The molecule has 2 heterocycles. The van der Waals surface area contributed by atoms with Crippen LogP contribution >= 0.6 is 0 Å². The topological polar surface area (TPSA) is 141 Å². The molecule has 0 spiro atoms. The number of aliphatic hydroxyl groups excluding tert-OH is 1. The summed E-state index contributed by atoms with van der Waals surface area (Å²) < 4.78 is 35.7. The summed E-state index contributed by atoms with van der Waals surface area (Å²) in [6.45, 7) is 5.24. The third-order valence-corrected chi connectivity index (χ3v) is 9.49. The van der Waals surface area contributed by atoms with E-state index < -0.39 is 41.3 Å². The fraction of sp³-hybridized carbons (Fsp3) is 0.351. The number of carbonyl (C=O) groups is 1. The summed E-state index contributed by atoms with van der Waals surface area (Å²) in [4.78, 5) is 36.4. The van der Waals surface area contributed by atoms with Crippen molar-refractivity contribution in [1.82, 2.24) is 19.5 Å².